The van der Waals surface area contributed by atoms with Crippen molar-refractivity contribution in [2.24, 2.45) is 0 Å². The van der Waals surface area contributed by atoms with Gasteiger partial charge in [0.15, 0.2) is 0 Å². The topological polar surface area (TPSA) is 73.9 Å². The molecule has 2 heterocycles. The number of anilines is 1. The molecule has 1 unspecified atom stereocenters. The summed E-state index contributed by atoms with van der Waals surface area (Å²) >= 11 is 0. The Kier molecular flexibility index (Phi) is 6.93. The summed E-state index contributed by atoms with van der Waals surface area (Å²) in [5.41, 5.74) is 3.46. The van der Waals surface area contributed by atoms with Gasteiger partial charge in [0.1, 0.15) is 5.82 Å². The third kappa shape index (κ3) is 5.17. The Balaban J connectivity index is 1.56. The second kappa shape index (κ2) is 10.0. The lowest BCUT2D eigenvalue weighted by Crippen LogP contribution is -2.52. The van der Waals surface area contributed by atoms with E-state index in [4.69, 9.17) is 4.74 Å². The number of ether oxygens (including phenoxy) is 1. The summed E-state index contributed by atoms with van der Waals surface area (Å²) in [6.07, 6.45) is 0. The van der Waals surface area contributed by atoms with Crippen LogP contribution >= 0.6 is 0 Å². The number of piperazine rings is 1. The number of halogens is 1. The van der Waals surface area contributed by atoms with E-state index in [0.717, 1.165) is 11.1 Å². The van der Waals surface area contributed by atoms with Gasteiger partial charge >= 0.3 is 12.0 Å². The Morgan fingerprint density at radius 1 is 1.09 bits per heavy atom. The molecular formula is C25H29FN4O3. The molecule has 8 heteroatoms. The standard InChI is InChI=1S/C25H29FN4O3/c1-3-33-24(31)22-20(27-25(32)28-23(22)18-10-8-17(2)9-11-18)16-29-12-14-30(15-13-29)21-7-5-4-6-19(21)26/h4-11,23H,3,12-16H2,1-2H3,(H2,27,28,32). The zero-order valence-corrected chi connectivity index (χ0v) is 18.9. The van der Waals surface area contributed by atoms with Gasteiger partial charge in [0.2, 0.25) is 0 Å². The van der Waals surface area contributed by atoms with E-state index in [1.165, 1.54) is 6.07 Å². The van der Waals surface area contributed by atoms with Crippen molar-refractivity contribution in [2.45, 2.75) is 19.9 Å². The maximum absolute atomic E-state index is 14.2. The highest BCUT2D eigenvalue weighted by Crippen LogP contribution is 2.29. The van der Waals surface area contributed by atoms with Crippen molar-refractivity contribution >= 4 is 17.7 Å². The lowest BCUT2D eigenvalue weighted by molar-refractivity contribution is -0.139. The number of carbonyl (C=O) groups excluding carboxylic acids is 2. The van der Waals surface area contributed by atoms with Crippen LogP contribution in [0.25, 0.3) is 0 Å². The molecule has 4 rings (SSSR count). The van der Waals surface area contributed by atoms with Crippen molar-refractivity contribution in [3.63, 3.8) is 0 Å². The van der Waals surface area contributed by atoms with Crippen LogP contribution in [0.15, 0.2) is 59.8 Å². The fourth-order valence-corrected chi connectivity index (χ4v) is 4.28. The Bertz CT molecular complexity index is 1050. The van der Waals surface area contributed by atoms with Crippen LogP contribution < -0.4 is 15.5 Å². The van der Waals surface area contributed by atoms with Crippen LogP contribution in [0.5, 0.6) is 0 Å². The van der Waals surface area contributed by atoms with E-state index < -0.39 is 12.0 Å². The maximum atomic E-state index is 14.2. The third-order valence-corrected chi connectivity index (χ3v) is 6.01. The Hall–Kier alpha value is -3.39. The normalized spacial score (nSPS) is 19.2. The van der Waals surface area contributed by atoms with Crippen molar-refractivity contribution in [3.05, 3.63) is 76.7 Å². The second-order valence-electron chi connectivity index (χ2n) is 8.27. The molecule has 174 valence electrons. The molecule has 1 fully saturated rings. The molecule has 2 aliphatic rings. The van der Waals surface area contributed by atoms with Crippen LogP contribution in [0.2, 0.25) is 0 Å². The number of urea groups is 1. The van der Waals surface area contributed by atoms with Gasteiger partial charge < -0.3 is 20.3 Å². The van der Waals surface area contributed by atoms with Crippen LogP contribution in [-0.2, 0) is 9.53 Å². The molecule has 1 saturated heterocycles. The van der Waals surface area contributed by atoms with E-state index in [9.17, 15) is 14.0 Å². The summed E-state index contributed by atoms with van der Waals surface area (Å²) in [5, 5.41) is 5.70. The van der Waals surface area contributed by atoms with Crippen molar-refractivity contribution in [1.82, 2.24) is 15.5 Å². The number of benzene rings is 2. The number of rotatable bonds is 6. The highest BCUT2D eigenvalue weighted by atomic mass is 19.1. The first-order valence-electron chi connectivity index (χ1n) is 11.2. The van der Waals surface area contributed by atoms with Crippen LogP contribution in [0.1, 0.15) is 24.1 Å². The monoisotopic (exact) mass is 452 g/mol. The van der Waals surface area contributed by atoms with Gasteiger partial charge in [-0.3, -0.25) is 4.90 Å². The van der Waals surface area contributed by atoms with Gasteiger partial charge in [-0.05, 0) is 31.5 Å². The number of aryl methyl sites for hydroxylation is 1. The number of nitrogens with zero attached hydrogens (tertiary/aromatic N) is 2. The molecule has 33 heavy (non-hydrogen) atoms. The molecule has 2 aliphatic heterocycles. The van der Waals surface area contributed by atoms with Crippen molar-refractivity contribution in [1.29, 1.82) is 0 Å². The molecule has 2 N–H and O–H groups in total. The molecule has 2 aromatic rings. The first-order chi connectivity index (χ1) is 16.0. The first kappa shape index (κ1) is 22.8. The number of para-hydroxylation sites is 1. The summed E-state index contributed by atoms with van der Waals surface area (Å²) < 4.78 is 19.5. The van der Waals surface area contributed by atoms with Gasteiger partial charge in [-0.15, -0.1) is 0 Å². The summed E-state index contributed by atoms with van der Waals surface area (Å²) in [6.45, 7) is 7.03. The van der Waals surface area contributed by atoms with E-state index in [2.05, 4.69) is 15.5 Å². The SMILES string of the molecule is CCOC(=O)C1=C(CN2CCN(c3ccccc3F)CC2)NC(=O)NC1c1ccc(C)cc1. The van der Waals surface area contributed by atoms with Crippen molar-refractivity contribution in [2.75, 3.05) is 44.2 Å². The number of carbonyl (C=O) groups is 2. The van der Waals surface area contributed by atoms with Crippen LogP contribution in [0.3, 0.4) is 0 Å². The summed E-state index contributed by atoms with van der Waals surface area (Å²) in [6, 6.07) is 13.5. The first-order valence-corrected chi connectivity index (χ1v) is 11.2. The largest absolute Gasteiger partial charge is 0.463 e. The average Bonchev–Trinajstić information content (AvgIpc) is 2.80. The number of nitrogens with one attached hydrogen (secondary N) is 2. The molecule has 0 saturated carbocycles. The third-order valence-electron chi connectivity index (χ3n) is 6.01. The zero-order chi connectivity index (χ0) is 23.4. The summed E-state index contributed by atoms with van der Waals surface area (Å²) in [5.74, 6) is -0.680. The molecule has 0 aromatic heterocycles. The van der Waals surface area contributed by atoms with Gasteiger partial charge in [0.25, 0.3) is 0 Å². The number of hydrogen-bond donors (Lipinski definition) is 2. The quantitative estimate of drug-likeness (QED) is 0.659. The van der Waals surface area contributed by atoms with Gasteiger partial charge in [-0.25, -0.2) is 14.0 Å². The molecule has 0 radical (unpaired) electrons. The smallest absolute Gasteiger partial charge is 0.338 e. The second-order valence-corrected chi connectivity index (χ2v) is 8.27. The van der Waals surface area contributed by atoms with Crippen LogP contribution in [-0.4, -0.2) is 56.2 Å². The minimum absolute atomic E-state index is 0.232. The molecule has 2 aromatic carbocycles. The van der Waals surface area contributed by atoms with Gasteiger partial charge in [-0.1, -0.05) is 42.0 Å². The zero-order valence-electron chi connectivity index (χ0n) is 18.9. The predicted octanol–water partition coefficient (Wildman–Crippen LogP) is 3.13. The van der Waals surface area contributed by atoms with E-state index in [1.54, 1.807) is 19.1 Å². The number of esters is 1. The molecule has 0 aliphatic carbocycles. The van der Waals surface area contributed by atoms with Crippen LogP contribution in [0, 0.1) is 12.7 Å². The van der Waals surface area contributed by atoms with Crippen LogP contribution in [0.4, 0.5) is 14.9 Å². The lowest BCUT2D eigenvalue weighted by Gasteiger charge is -2.38. The number of amides is 2. The van der Waals surface area contributed by atoms with E-state index >= 15 is 0 Å². The van der Waals surface area contributed by atoms with E-state index in [1.807, 2.05) is 42.2 Å². The highest BCUT2D eigenvalue weighted by molar-refractivity contribution is 5.95. The minimum Gasteiger partial charge on any atom is -0.463 e. The van der Waals surface area contributed by atoms with E-state index in [0.29, 0.717) is 49.7 Å². The lowest BCUT2D eigenvalue weighted by atomic mass is 9.94. The molecule has 0 spiro atoms. The average molecular weight is 453 g/mol. The minimum atomic E-state index is -0.590. The highest BCUT2D eigenvalue weighted by Gasteiger charge is 2.34. The fourth-order valence-electron chi connectivity index (χ4n) is 4.28. The molecule has 2 amide bonds. The molecule has 0 bridgehead atoms. The predicted molar refractivity (Wildman–Crippen MR) is 124 cm³/mol. The van der Waals surface area contributed by atoms with Crippen molar-refractivity contribution < 1.29 is 18.7 Å². The Morgan fingerprint density at radius 2 is 1.79 bits per heavy atom. The van der Waals surface area contributed by atoms with Gasteiger partial charge in [0.05, 0.1) is 23.9 Å². The van der Waals surface area contributed by atoms with E-state index in [-0.39, 0.29) is 18.5 Å². The summed E-state index contributed by atoms with van der Waals surface area (Å²) in [4.78, 5) is 29.6. The number of hydrogen-bond acceptors (Lipinski definition) is 5. The van der Waals surface area contributed by atoms with Crippen molar-refractivity contribution in [3.8, 4) is 0 Å². The molecule has 7 nitrogen and oxygen atoms in total. The maximum Gasteiger partial charge on any atom is 0.338 e. The Morgan fingerprint density at radius 3 is 2.45 bits per heavy atom. The van der Waals surface area contributed by atoms with Gasteiger partial charge in [-0.2, -0.15) is 0 Å². The Labute approximate surface area is 193 Å². The summed E-state index contributed by atoms with van der Waals surface area (Å²) in [7, 11) is 0. The van der Waals surface area contributed by atoms with Gasteiger partial charge in [0, 0.05) is 38.4 Å². The fraction of sp³-hybridized carbons (Fsp3) is 0.360. The molecule has 1 atom stereocenters. The molecular weight excluding hydrogens is 423 g/mol.